The van der Waals surface area contributed by atoms with E-state index in [2.05, 4.69) is 5.32 Å². The number of carbonyl (C=O) groups excluding carboxylic acids is 1. The van der Waals surface area contributed by atoms with Crippen LogP contribution in [0.3, 0.4) is 0 Å². The van der Waals surface area contributed by atoms with Crippen LogP contribution in [0.2, 0.25) is 0 Å². The first-order valence-corrected chi connectivity index (χ1v) is 8.44. The zero-order valence-electron chi connectivity index (χ0n) is 14.6. The summed E-state index contributed by atoms with van der Waals surface area (Å²) >= 11 is 0. The molecule has 1 aromatic rings. The van der Waals surface area contributed by atoms with Gasteiger partial charge in [-0.2, -0.15) is 5.26 Å². The van der Waals surface area contributed by atoms with Crippen molar-refractivity contribution in [3.8, 4) is 6.07 Å². The van der Waals surface area contributed by atoms with E-state index in [1.165, 1.54) is 6.20 Å². The molecule has 0 atom stereocenters. The van der Waals surface area contributed by atoms with E-state index in [-0.39, 0.29) is 11.5 Å². The number of aliphatic carboxylic acids is 1. The van der Waals surface area contributed by atoms with E-state index in [1.807, 2.05) is 43.0 Å². The van der Waals surface area contributed by atoms with Gasteiger partial charge in [0.1, 0.15) is 11.6 Å². The molecule has 25 heavy (non-hydrogen) atoms. The molecule has 1 aliphatic heterocycles. The summed E-state index contributed by atoms with van der Waals surface area (Å²) in [6.07, 6.45) is 3.36. The van der Waals surface area contributed by atoms with Crippen molar-refractivity contribution in [2.24, 2.45) is 5.92 Å². The van der Waals surface area contributed by atoms with Gasteiger partial charge in [-0.1, -0.05) is 25.1 Å². The molecule has 132 valence electrons. The summed E-state index contributed by atoms with van der Waals surface area (Å²) < 4.78 is 0. The van der Waals surface area contributed by atoms with Crippen molar-refractivity contribution in [1.29, 1.82) is 5.26 Å². The summed E-state index contributed by atoms with van der Waals surface area (Å²) in [6.45, 7) is 4.99. The van der Waals surface area contributed by atoms with E-state index in [0.29, 0.717) is 25.9 Å². The molecule has 2 rings (SSSR count). The number of para-hydroxylation sites is 1. The number of hydrogen-bond donors (Lipinski definition) is 2. The van der Waals surface area contributed by atoms with Crippen LogP contribution in [0.4, 0.5) is 5.69 Å². The van der Waals surface area contributed by atoms with Crippen LogP contribution in [0.15, 0.2) is 30.0 Å². The van der Waals surface area contributed by atoms with Crippen LogP contribution in [0.25, 0.3) is 0 Å². The number of nitrogens with one attached hydrogen (secondary N) is 1. The lowest BCUT2D eigenvalue weighted by Crippen LogP contribution is -2.33. The minimum atomic E-state index is -0.784. The molecule has 6 heteroatoms. The van der Waals surface area contributed by atoms with Gasteiger partial charge in [0, 0.05) is 25.0 Å². The Hall–Kier alpha value is -2.81. The van der Waals surface area contributed by atoms with Crippen molar-refractivity contribution in [2.75, 3.05) is 18.4 Å². The second kappa shape index (κ2) is 8.34. The third-order valence-electron chi connectivity index (χ3n) is 4.53. The van der Waals surface area contributed by atoms with Crippen LogP contribution in [0.1, 0.15) is 30.9 Å². The van der Waals surface area contributed by atoms with Crippen LogP contribution in [0.5, 0.6) is 0 Å². The van der Waals surface area contributed by atoms with Crippen molar-refractivity contribution in [3.05, 3.63) is 41.1 Å². The molecule has 0 bridgehead atoms. The fraction of sp³-hybridized carbons (Fsp3) is 0.421. The third kappa shape index (κ3) is 4.60. The first-order valence-electron chi connectivity index (χ1n) is 8.44. The van der Waals surface area contributed by atoms with Gasteiger partial charge in [-0.05, 0) is 37.3 Å². The summed E-state index contributed by atoms with van der Waals surface area (Å²) in [6, 6.07) is 7.76. The molecule has 1 heterocycles. The highest BCUT2D eigenvalue weighted by Crippen LogP contribution is 2.22. The van der Waals surface area contributed by atoms with E-state index in [4.69, 9.17) is 5.11 Å². The maximum absolute atomic E-state index is 12.5. The van der Waals surface area contributed by atoms with Gasteiger partial charge in [0.15, 0.2) is 0 Å². The van der Waals surface area contributed by atoms with Gasteiger partial charge in [0.25, 0.3) is 5.91 Å². The van der Waals surface area contributed by atoms with Crippen LogP contribution >= 0.6 is 0 Å². The summed E-state index contributed by atoms with van der Waals surface area (Å²) in [4.78, 5) is 25.3. The molecule has 0 aromatic heterocycles. The Morgan fingerprint density at radius 2 is 2.08 bits per heavy atom. The monoisotopic (exact) mass is 341 g/mol. The normalized spacial score (nSPS) is 15.6. The fourth-order valence-corrected chi connectivity index (χ4v) is 2.98. The smallest absolute Gasteiger partial charge is 0.306 e. The average molecular weight is 341 g/mol. The van der Waals surface area contributed by atoms with Crippen molar-refractivity contribution in [1.82, 2.24) is 4.90 Å². The van der Waals surface area contributed by atoms with Crippen LogP contribution in [0, 0.1) is 24.2 Å². The van der Waals surface area contributed by atoms with Crippen LogP contribution in [-0.2, 0) is 16.0 Å². The molecule has 1 aliphatic rings. The van der Waals surface area contributed by atoms with Gasteiger partial charge in [-0.15, -0.1) is 0 Å². The average Bonchev–Trinajstić information content (AvgIpc) is 2.61. The lowest BCUT2D eigenvalue weighted by atomic mass is 9.97. The SMILES string of the molecule is CCc1cccc(C)c1NC(=O)/C(C#N)=C\N1CCC(C(=O)O)CC1. The maximum atomic E-state index is 12.5. The second-order valence-corrected chi connectivity index (χ2v) is 6.22. The zero-order valence-corrected chi connectivity index (χ0v) is 14.6. The van der Waals surface area contributed by atoms with Gasteiger partial charge in [-0.3, -0.25) is 9.59 Å². The molecular weight excluding hydrogens is 318 g/mol. The quantitative estimate of drug-likeness (QED) is 0.634. The molecule has 1 amide bonds. The second-order valence-electron chi connectivity index (χ2n) is 6.22. The predicted molar refractivity (Wildman–Crippen MR) is 94.8 cm³/mol. The summed E-state index contributed by atoms with van der Waals surface area (Å²) in [5.41, 5.74) is 2.75. The Kier molecular flexibility index (Phi) is 6.18. The first kappa shape index (κ1) is 18.5. The summed E-state index contributed by atoms with van der Waals surface area (Å²) in [5.74, 6) is -1.57. The zero-order chi connectivity index (χ0) is 18.4. The Bertz CT molecular complexity index is 726. The lowest BCUT2D eigenvalue weighted by Gasteiger charge is -2.29. The van der Waals surface area contributed by atoms with E-state index in [0.717, 1.165) is 23.2 Å². The number of carboxylic acid groups (broad SMARTS) is 1. The number of anilines is 1. The number of benzene rings is 1. The number of carbonyl (C=O) groups is 2. The Labute approximate surface area is 147 Å². The van der Waals surface area contributed by atoms with Crippen molar-refractivity contribution >= 4 is 17.6 Å². The molecule has 0 saturated carbocycles. The highest BCUT2D eigenvalue weighted by atomic mass is 16.4. The predicted octanol–water partition coefficient (Wildman–Crippen LogP) is 2.70. The van der Waals surface area contributed by atoms with Gasteiger partial charge >= 0.3 is 5.97 Å². The molecule has 1 fully saturated rings. The van der Waals surface area contributed by atoms with Crippen LogP contribution in [-0.4, -0.2) is 35.0 Å². The molecule has 0 unspecified atom stereocenters. The number of amides is 1. The lowest BCUT2D eigenvalue weighted by molar-refractivity contribution is -0.143. The summed E-state index contributed by atoms with van der Waals surface area (Å²) in [7, 11) is 0. The highest BCUT2D eigenvalue weighted by Gasteiger charge is 2.24. The van der Waals surface area contributed by atoms with Crippen molar-refractivity contribution in [3.63, 3.8) is 0 Å². The van der Waals surface area contributed by atoms with Crippen molar-refractivity contribution in [2.45, 2.75) is 33.1 Å². The Morgan fingerprint density at radius 1 is 1.40 bits per heavy atom. The van der Waals surface area contributed by atoms with E-state index < -0.39 is 11.9 Å². The van der Waals surface area contributed by atoms with E-state index >= 15 is 0 Å². The maximum Gasteiger partial charge on any atom is 0.306 e. The number of nitriles is 1. The molecule has 2 N–H and O–H groups in total. The van der Waals surface area contributed by atoms with Crippen molar-refractivity contribution < 1.29 is 14.7 Å². The number of rotatable bonds is 5. The van der Waals surface area contributed by atoms with E-state index in [9.17, 15) is 14.9 Å². The van der Waals surface area contributed by atoms with Crippen LogP contribution < -0.4 is 5.32 Å². The number of aryl methyl sites for hydroxylation is 2. The molecule has 0 aliphatic carbocycles. The highest BCUT2D eigenvalue weighted by molar-refractivity contribution is 6.07. The van der Waals surface area contributed by atoms with Gasteiger partial charge in [0.05, 0.1) is 5.92 Å². The first-order chi connectivity index (χ1) is 12.0. The molecule has 0 radical (unpaired) electrons. The fourth-order valence-electron chi connectivity index (χ4n) is 2.98. The number of hydrogen-bond acceptors (Lipinski definition) is 4. The number of piperidine rings is 1. The Balaban J connectivity index is 2.10. The number of carboxylic acids is 1. The number of nitrogens with zero attached hydrogens (tertiary/aromatic N) is 2. The largest absolute Gasteiger partial charge is 0.481 e. The summed E-state index contributed by atoms with van der Waals surface area (Å²) in [5, 5.41) is 21.2. The third-order valence-corrected chi connectivity index (χ3v) is 4.53. The molecule has 1 saturated heterocycles. The minimum absolute atomic E-state index is 0.0269. The van der Waals surface area contributed by atoms with E-state index in [1.54, 1.807) is 0 Å². The van der Waals surface area contributed by atoms with Gasteiger partial charge in [0.2, 0.25) is 0 Å². The molecular formula is C19H23N3O3. The molecule has 6 nitrogen and oxygen atoms in total. The standard InChI is InChI=1S/C19H23N3O3/c1-3-14-6-4-5-13(2)17(14)21-18(23)16(11-20)12-22-9-7-15(8-10-22)19(24)25/h4-6,12,15H,3,7-10H2,1-2H3,(H,21,23)(H,24,25)/b16-12-. The number of likely N-dealkylation sites (tertiary alicyclic amines) is 1. The molecule has 1 aromatic carbocycles. The minimum Gasteiger partial charge on any atom is -0.481 e. The Morgan fingerprint density at radius 3 is 2.64 bits per heavy atom. The molecule has 0 spiro atoms. The van der Waals surface area contributed by atoms with Gasteiger partial charge < -0.3 is 15.3 Å². The van der Waals surface area contributed by atoms with Gasteiger partial charge in [-0.25, -0.2) is 0 Å². The topological polar surface area (TPSA) is 93.4 Å².